The molecule has 318 valence electrons. The van der Waals surface area contributed by atoms with Gasteiger partial charge in [0.15, 0.2) is 0 Å². The van der Waals surface area contributed by atoms with Crippen molar-refractivity contribution in [2.45, 2.75) is 212 Å². The quantitative estimate of drug-likeness (QED) is 0.0482. The van der Waals surface area contributed by atoms with Crippen LogP contribution in [0.25, 0.3) is 0 Å². The highest BCUT2D eigenvalue weighted by Gasteiger charge is 2.19. The normalized spacial score (nSPS) is 12.5. The van der Waals surface area contributed by atoms with Crippen molar-refractivity contribution in [3.63, 3.8) is 0 Å². The fourth-order valence-corrected chi connectivity index (χ4v) is 7.63. The fraction of sp³-hybridized carbons (Fsp3) is 0.870. The van der Waals surface area contributed by atoms with Crippen LogP contribution >= 0.6 is 0 Å². The number of benzene rings is 1. The van der Waals surface area contributed by atoms with Gasteiger partial charge in [0, 0.05) is 13.2 Å². The van der Waals surface area contributed by atoms with Gasteiger partial charge in [-0.2, -0.15) is 8.42 Å². The summed E-state index contributed by atoms with van der Waals surface area (Å²) in [6.07, 6.45) is 37.0. The van der Waals surface area contributed by atoms with Gasteiger partial charge in [0.05, 0.1) is 44.5 Å². The SMILES string of the molecule is CCCCCCCCCCCCCCCCOCCOCC(COS(=O)(=O)c1ccc(C)cc1)OCCOCCCCCCCCCCCCCCCC. The Bertz CT molecular complexity index is 1000. The van der Waals surface area contributed by atoms with Crippen LogP contribution in [0.2, 0.25) is 0 Å². The van der Waals surface area contributed by atoms with Gasteiger partial charge in [0.25, 0.3) is 10.1 Å². The minimum absolute atomic E-state index is 0.116. The smallest absolute Gasteiger partial charge is 0.297 e. The molecule has 0 aliphatic carbocycles. The van der Waals surface area contributed by atoms with E-state index in [0.717, 1.165) is 31.6 Å². The average molecular weight is 783 g/mol. The molecule has 0 spiro atoms. The zero-order chi connectivity index (χ0) is 39.1. The summed E-state index contributed by atoms with van der Waals surface area (Å²) < 4.78 is 54.4. The van der Waals surface area contributed by atoms with E-state index in [0.29, 0.717) is 26.4 Å². The van der Waals surface area contributed by atoms with E-state index in [1.807, 2.05) is 6.92 Å². The molecule has 0 radical (unpaired) electrons. The third-order valence-electron chi connectivity index (χ3n) is 10.3. The highest BCUT2D eigenvalue weighted by molar-refractivity contribution is 7.86. The Balaban J connectivity index is 2.13. The second-order valence-electron chi connectivity index (χ2n) is 15.5. The molecule has 1 unspecified atom stereocenters. The lowest BCUT2D eigenvalue weighted by molar-refractivity contribution is -0.0614. The summed E-state index contributed by atoms with van der Waals surface area (Å²) in [7, 11) is -3.89. The van der Waals surface area contributed by atoms with Crippen LogP contribution in [-0.4, -0.2) is 67.4 Å². The van der Waals surface area contributed by atoms with Crippen molar-refractivity contribution >= 4 is 10.1 Å². The van der Waals surface area contributed by atoms with Gasteiger partial charge in [-0.05, 0) is 31.9 Å². The molecule has 0 N–H and O–H groups in total. The minimum Gasteiger partial charge on any atom is -0.379 e. The van der Waals surface area contributed by atoms with Gasteiger partial charge in [-0.25, -0.2) is 0 Å². The summed E-state index contributed by atoms with van der Waals surface area (Å²) in [6.45, 7) is 9.81. The summed E-state index contributed by atoms with van der Waals surface area (Å²) in [6, 6.07) is 6.66. The van der Waals surface area contributed by atoms with Gasteiger partial charge < -0.3 is 18.9 Å². The van der Waals surface area contributed by atoms with Gasteiger partial charge in [0.2, 0.25) is 0 Å². The molecule has 54 heavy (non-hydrogen) atoms. The van der Waals surface area contributed by atoms with E-state index in [9.17, 15) is 8.42 Å². The molecule has 7 nitrogen and oxygen atoms in total. The number of rotatable bonds is 43. The van der Waals surface area contributed by atoms with E-state index < -0.39 is 16.2 Å². The van der Waals surface area contributed by atoms with Gasteiger partial charge in [0.1, 0.15) is 6.10 Å². The first-order valence-electron chi connectivity index (χ1n) is 22.8. The molecule has 1 aromatic carbocycles. The number of aryl methyl sites for hydroxylation is 1. The lowest BCUT2D eigenvalue weighted by atomic mass is 10.0. The third-order valence-corrected chi connectivity index (χ3v) is 11.6. The van der Waals surface area contributed by atoms with Crippen molar-refractivity contribution in [1.82, 2.24) is 0 Å². The minimum atomic E-state index is -3.89. The molecule has 0 bridgehead atoms. The highest BCUT2D eigenvalue weighted by atomic mass is 32.2. The summed E-state index contributed by atoms with van der Waals surface area (Å²) >= 11 is 0. The average Bonchev–Trinajstić information content (AvgIpc) is 3.17. The molecule has 0 aliphatic heterocycles. The first kappa shape index (κ1) is 51.0. The van der Waals surface area contributed by atoms with Crippen LogP contribution in [0.5, 0.6) is 0 Å². The van der Waals surface area contributed by atoms with E-state index >= 15 is 0 Å². The molecule has 0 aliphatic rings. The van der Waals surface area contributed by atoms with E-state index in [1.165, 1.54) is 167 Å². The number of ether oxygens (including phenoxy) is 4. The highest BCUT2D eigenvalue weighted by Crippen LogP contribution is 2.16. The van der Waals surface area contributed by atoms with E-state index in [-0.39, 0.29) is 18.1 Å². The van der Waals surface area contributed by atoms with E-state index in [2.05, 4.69) is 13.8 Å². The van der Waals surface area contributed by atoms with Crippen molar-refractivity contribution in [3.8, 4) is 0 Å². The summed E-state index contributed by atoms with van der Waals surface area (Å²) in [4.78, 5) is 0.140. The predicted octanol–water partition coefficient (Wildman–Crippen LogP) is 13.1. The van der Waals surface area contributed by atoms with Crippen molar-refractivity contribution in [2.24, 2.45) is 0 Å². The molecule has 0 fully saturated rings. The molecule has 1 rings (SSSR count). The van der Waals surface area contributed by atoms with Crippen molar-refractivity contribution < 1.29 is 31.5 Å². The van der Waals surface area contributed by atoms with Crippen LogP contribution < -0.4 is 0 Å². The van der Waals surface area contributed by atoms with Crippen LogP contribution in [0.3, 0.4) is 0 Å². The summed E-state index contributed by atoms with van der Waals surface area (Å²) in [5.41, 5.74) is 0.990. The van der Waals surface area contributed by atoms with Gasteiger partial charge >= 0.3 is 0 Å². The first-order chi connectivity index (χ1) is 26.5. The number of unbranched alkanes of at least 4 members (excludes halogenated alkanes) is 26. The van der Waals surface area contributed by atoms with Gasteiger partial charge in [-0.3, -0.25) is 4.18 Å². The third kappa shape index (κ3) is 33.1. The molecule has 0 saturated heterocycles. The molecular formula is C46H86O7S. The van der Waals surface area contributed by atoms with E-state index in [1.54, 1.807) is 24.3 Å². The molecule has 0 amide bonds. The molecular weight excluding hydrogens is 697 g/mol. The maximum atomic E-state index is 12.8. The summed E-state index contributed by atoms with van der Waals surface area (Å²) in [5.74, 6) is 0. The maximum Gasteiger partial charge on any atom is 0.297 e. The topological polar surface area (TPSA) is 80.3 Å². The van der Waals surface area contributed by atoms with Crippen LogP contribution in [0, 0.1) is 6.92 Å². The molecule has 1 atom stereocenters. The zero-order valence-electron chi connectivity index (χ0n) is 35.6. The Morgan fingerprint density at radius 1 is 0.426 bits per heavy atom. The Labute approximate surface area is 334 Å². The molecule has 1 aromatic rings. The maximum absolute atomic E-state index is 12.8. The van der Waals surface area contributed by atoms with Crippen LogP contribution in [-0.2, 0) is 33.2 Å². The largest absolute Gasteiger partial charge is 0.379 e. The lowest BCUT2D eigenvalue weighted by Gasteiger charge is -2.18. The first-order valence-corrected chi connectivity index (χ1v) is 24.2. The standard InChI is InChI=1S/C46H86O7S/c1-4-6-8-10-12-14-16-18-20-22-24-26-28-30-36-49-38-39-51-42-45(43-53-54(47,48)46-34-32-44(3)33-35-46)52-41-40-50-37-31-29-27-25-23-21-19-17-15-13-11-9-7-5-2/h32-35,45H,4-31,36-43H2,1-3H3. The number of hydrogen-bond donors (Lipinski definition) is 0. The second kappa shape index (κ2) is 38.8. The Hall–Kier alpha value is -1.03. The number of hydrogen-bond acceptors (Lipinski definition) is 7. The van der Waals surface area contributed by atoms with Gasteiger partial charge in [-0.1, -0.05) is 198 Å². The van der Waals surface area contributed by atoms with Crippen LogP contribution in [0.15, 0.2) is 29.2 Å². The van der Waals surface area contributed by atoms with Crippen LogP contribution in [0.1, 0.15) is 199 Å². The Morgan fingerprint density at radius 3 is 1.19 bits per heavy atom. The predicted molar refractivity (Wildman–Crippen MR) is 227 cm³/mol. The summed E-state index contributed by atoms with van der Waals surface area (Å²) in [5, 5.41) is 0. The zero-order valence-corrected chi connectivity index (χ0v) is 36.4. The van der Waals surface area contributed by atoms with Gasteiger partial charge in [-0.15, -0.1) is 0 Å². The lowest BCUT2D eigenvalue weighted by Crippen LogP contribution is -2.29. The molecule has 8 heteroatoms. The Kier molecular flexibility index (Phi) is 36.7. The van der Waals surface area contributed by atoms with Crippen molar-refractivity contribution in [1.29, 1.82) is 0 Å². The fourth-order valence-electron chi connectivity index (χ4n) is 6.69. The molecule has 0 saturated carbocycles. The molecule has 0 heterocycles. The van der Waals surface area contributed by atoms with Crippen molar-refractivity contribution in [3.05, 3.63) is 29.8 Å². The van der Waals surface area contributed by atoms with Crippen molar-refractivity contribution in [2.75, 3.05) is 52.9 Å². The molecule has 0 aromatic heterocycles. The second-order valence-corrected chi connectivity index (χ2v) is 17.2. The van der Waals surface area contributed by atoms with Crippen LogP contribution in [0.4, 0.5) is 0 Å². The monoisotopic (exact) mass is 783 g/mol. The van der Waals surface area contributed by atoms with E-state index in [4.69, 9.17) is 23.1 Å². The Morgan fingerprint density at radius 2 is 0.778 bits per heavy atom.